The van der Waals surface area contributed by atoms with Crippen LogP contribution >= 0.6 is 0 Å². The number of hydrogen-bond donors (Lipinski definition) is 2. The Hall–Kier alpha value is -1.71. The van der Waals surface area contributed by atoms with Crippen molar-refractivity contribution in [2.75, 3.05) is 0 Å². The molecule has 112 valence electrons. The Kier molecular flexibility index (Phi) is 4.40. The maximum Gasteiger partial charge on any atom is 1.00 e. The summed E-state index contributed by atoms with van der Waals surface area (Å²) in [5.74, 6) is -3.41. The molecular weight excluding hydrogens is 335 g/mol. The normalized spacial score (nSPS) is 13.1. The van der Waals surface area contributed by atoms with E-state index in [-0.39, 0.29) is 40.7 Å². The first-order valence-electron chi connectivity index (χ1n) is 5.96. The van der Waals surface area contributed by atoms with Crippen LogP contribution in [0.4, 0.5) is 0 Å². The first-order valence-corrected chi connectivity index (χ1v) is 7.40. The minimum atomic E-state index is -4.72. The minimum Gasteiger partial charge on any atom is -0.870 e. The topological polar surface area (TPSA) is 132 Å². The van der Waals surface area contributed by atoms with Crippen molar-refractivity contribution in [3.63, 3.8) is 0 Å². The molecular formula is C14H7NaO7S. The number of phenols is 1. The molecule has 0 spiro atoms. The van der Waals surface area contributed by atoms with Crippen LogP contribution in [0.1, 0.15) is 31.8 Å². The molecule has 0 unspecified atom stereocenters. The maximum atomic E-state index is 12.4. The Balaban J connectivity index is 0.00000192. The smallest absolute Gasteiger partial charge is 0.870 e. The summed E-state index contributed by atoms with van der Waals surface area (Å²) in [6, 6.07) is 5.30. The fourth-order valence-electron chi connectivity index (χ4n) is 2.43. The second-order valence-electron chi connectivity index (χ2n) is 4.65. The number of benzene rings is 2. The number of carbonyl (C=O) groups is 2. The SMILES string of the molecule is O=C1c2ccc([O-])c(O)c2C(=O)c2cccc(S(=O)(=O)O)c21.[Na+]. The predicted octanol–water partition coefficient (Wildman–Crippen LogP) is -2.51. The van der Waals surface area contributed by atoms with E-state index in [1.807, 2.05) is 0 Å². The zero-order chi connectivity index (χ0) is 16.2. The average molecular weight is 342 g/mol. The second kappa shape index (κ2) is 5.73. The van der Waals surface area contributed by atoms with Gasteiger partial charge in [-0.05, 0) is 6.07 Å². The summed E-state index contributed by atoms with van der Waals surface area (Å²) in [4.78, 5) is 24.1. The average Bonchev–Trinajstić information content (AvgIpc) is 2.46. The monoisotopic (exact) mass is 342 g/mol. The van der Waals surface area contributed by atoms with Crippen LogP contribution in [0.5, 0.6) is 11.5 Å². The molecule has 0 radical (unpaired) electrons. The molecule has 23 heavy (non-hydrogen) atoms. The van der Waals surface area contributed by atoms with Gasteiger partial charge in [0.1, 0.15) is 10.6 Å². The van der Waals surface area contributed by atoms with E-state index in [2.05, 4.69) is 0 Å². The molecule has 0 aliphatic heterocycles. The number of rotatable bonds is 1. The van der Waals surface area contributed by atoms with Crippen molar-refractivity contribution < 1.29 is 62.3 Å². The molecule has 0 atom stereocenters. The predicted molar refractivity (Wildman–Crippen MR) is 70.7 cm³/mol. The molecule has 2 aromatic carbocycles. The number of phenolic OH excluding ortho intramolecular Hbond substituents is 1. The van der Waals surface area contributed by atoms with E-state index < -0.39 is 49.2 Å². The summed E-state index contributed by atoms with van der Waals surface area (Å²) < 4.78 is 32.0. The molecule has 2 aromatic rings. The van der Waals surface area contributed by atoms with Crippen molar-refractivity contribution in [2.45, 2.75) is 4.90 Å². The van der Waals surface area contributed by atoms with Gasteiger partial charge in [0.15, 0.2) is 11.6 Å². The largest absolute Gasteiger partial charge is 1.00 e. The second-order valence-corrected chi connectivity index (χ2v) is 6.04. The van der Waals surface area contributed by atoms with E-state index in [0.717, 1.165) is 18.2 Å². The van der Waals surface area contributed by atoms with Crippen LogP contribution in [0.2, 0.25) is 0 Å². The number of fused-ring (bicyclic) bond motifs is 2. The van der Waals surface area contributed by atoms with Crippen molar-refractivity contribution in [3.05, 3.63) is 52.6 Å². The zero-order valence-corrected chi connectivity index (χ0v) is 14.5. The van der Waals surface area contributed by atoms with Gasteiger partial charge in [0.25, 0.3) is 10.1 Å². The molecule has 1 aliphatic carbocycles. The Morgan fingerprint density at radius 1 is 0.913 bits per heavy atom. The van der Waals surface area contributed by atoms with Crippen LogP contribution < -0.4 is 34.7 Å². The molecule has 1 aliphatic rings. The molecule has 2 N–H and O–H groups in total. The number of hydrogen-bond acceptors (Lipinski definition) is 6. The summed E-state index contributed by atoms with van der Waals surface area (Å²) >= 11 is 0. The van der Waals surface area contributed by atoms with Crippen LogP contribution in [0.25, 0.3) is 0 Å². The van der Waals surface area contributed by atoms with Gasteiger partial charge in [-0.25, -0.2) is 0 Å². The van der Waals surface area contributed by atoms with Gasteiger partial charge < -0.3 is 10.2 Å². The van der Waals surface area contributed by atoms with Gasteiger partial charge in [-0.15, -0.1) is 0 Å². The van der Waals surface area contributed by atoms with Crippen LogP contribution in [-0.4, -0.2) is 29.6 Å². The Bertz CT molecular complexity index is 963. The summed E-state index contributed by atoms with van der Waals surface area (Å²) in [5.41, 5.74) is -1.52. The summed E-state index contributed by atoms with van der Waals surface area (Å²) in [7, 11) is -4.72. The van der Waals surface area contributed by atoms with Crippen molar-refractivity contribution >= 4 is 21.7 Å². The van der Waals surface area contributed by atoms with E-state index in [1.54, 1.807) is 0 Å². The molecule has 0 saturated heterocycles. The first kappa shape index (κ1) is 17.6. The molecule has 3 rings (SSSR count). The van der Waals surface area contributed by atoms with Gasteiger partial charge in [-0.1, -0.05) is 30.0 Å². The Labute approximate surface area is 152 Å². The van der Waals surface area contributed by atoms with Crippen LogP contribution in [0.3, 0.4) is 0 Å². The van der Waals surface area contributed by atoms with Crippen LogP contribution in [0, 0.1) is 0 Å². The quantitative estimate of drug-likeness (QED) is 0.369. The molecule has 0 bridgehead atoms. The van der Waals surface area contributed by atoms with E-state index in [0.29, 0.717) is 0 Å². The number of ketones is 2. The van der Waals surface area contributed by atoms with Crippen molar-refractivity contribution in [2.24, 2.45) is 0 Å². The van der Waals surface area contributed by atoms with Crippen LogP contribution in [-0.2, 0) is 10.1 Å². The van der Waals surface area contributed by atoms with Crippen molar-refractivity contribution in [3.8, 4) is 11.5 Å². The third-order valence-electron chi connectivity index (χ3n) is 3.39. The standard InChI is InChI=1S/C14H8O7S.Na/c15-8-5-4-7-11(14(8)18)13(17)6-2-1-3-9(22(19,20)21)10(6)12(7)16;/h1-5,15,18H,(H,19,20,21);/q;+1/p-1. The van der Waals surface area contributed by atoms with E-state index in [4.69, 9.17) is 0 Å². The summed E-state index contributed by atoms with van der Waals surface area (Å²) in [6.45, 7) is 0. The van der Waals surface area contributed by atoms with E-state index in [9.17, 15) is 32.8 Å². The van der Waals surface area contributed by atoms with Gasteiger partial charge >= 0.3 is 29.6 Å². The molecule has 0 amide bonds. The Morgan fingerprint density at radius 2 is 1.48 bits per heavy atom. The summed E-state index contributed by atoms with van der Waals surface area (Å²) in [6.07, 6.45) is 0. The molecule has 7 nitrogen and oxygen atoms in total. The number of carbonyl (C=O) groups excluding carboxylic acids is 2. The molecule has 0 heterocycles. The fraction of sp³-hybridized carbons (Fsp3) is 0. The zero-order valence-electron chi connectivity index (χ0n) is 11.7. The molecule has 0 saturated carbocycles. The fourth-order valence-corrected chi connectivity index (χ4v) is 3.14. The van der Waals surface area contributed by atoms with Gasteiger partial charge in [0, 0.05) is 11.1 Å². The summed E-state index contributed by atoms with van der Waals surface area (Å²) in [5, 5.41) is 21.2. The molecule has 9 heteroatoms. The first-order chi connectivity index (χ1) is 10.2. The van der Waals surface area contributed by atoms with Gasteiger partial charge in [-0.2, -0.15) is 8.42 Å². The molecule has 0 aromatic heterocycles. The minimum absolute atomic E-state index is 0. The third-order valence-corrected chi connectivity index (χ3v) is 4.28. The van der Waals surface area contributed by atoms with E-state index >= 15 is 0 Å². The van der Waals surface area contributed by atoms with Gasteiger partial charge in [0.2, 0.25) is 0 Å². The van der Waals surface area contributed by atoms with Crippen LogP contribution in [0.15, 0.2) is 35.2 Å². The van der Waals surface area contributed by atoms with Gasteiger partial charge in [-0.3, -0.25) is 14.1 Å². The van der Waals surface area contributed by atoms with Crippen molar-refractivity contribution in [1.82, 2.24) is 0 Å². The van der Waals surface area contributed by atoms with Gasteiger partial charge in [0.05, 0.1) is 11.1 Å². The third kappa shape index (κ3) is 2.58. The molecule has 0 fully saturated rings. The van der Waals surface area contributed by atoms with Crippen molar-refractivity contribution in [1.29, 1.82) is 0 Å². The maximum absolute atomic E-state index is 12.4. The van der Waals surface area contributed by atoms with E-state index in [1.165, 1.54) is 12.1 Å². The number of aromatic hydroxyl groups is 1. The Morgan fingerprint density at radius 3 is 2.09 bits per heavy atom.